The van der Waals surface area contributed by atoms with E-state index in [-0.39, 0.29) is 5.92 Å². The Morgan fingerprint density at radius 3 is 2.41 bits per heavy atom. The van der Waals surface area contributed by atoms with Crippen molar-refractivity contribution in [3.05, 3.63) is 47.8 Å². The number of hydrogen-bond donors (Lipinski definition) is 0. The van der Waals surface area contributed by atoms with Gasteiger partial charge in [0.2, 0.25) is 0 Å². The standard InChI is InChI=1S/C13H16N4/c1-9(2)12-7-14-8-13(16-12)10(3)11-5-4-6-15-17-11/h4-10H,1-3H3. The summed E-state index contributed by atoms with van der Waals surface area (Å²) in [5.41, 5.74) is 2.87. The molecule has 0 amide bonds. The zero-order chi connectivity index (χ0) is 12.3. The number of nitrogens with zero attached hydrogens (tertiary/aromatic N) is 4. The third kappa shape index (κ3) is 2.64. The fraction of sp³-hybridized carbons (Fsp3) is 0.385. The molecule has 88 valence electrons. The Balaban J connectivity index is 2.31. The van der Waals surface area contributed by atoms with E-state index in [2.05, 4.69) is 40.9 Å². The second kappa shape index (κ2) is 4.99. The van der Waals surface area contributed by atoms with Gasteiger partial charge < -0.3 is 0 Å². The first-order chi connectivity index (χ1) is 8.18. The van der Waals surface area contributed by atoms with E-state index in [4.69, 9.17) is 0 Å². The Bertz CT molecular complexity index is 482. The number of rotatable bonds is 3. The maximum Gasteiger partial charge on any atom is 0.0719 e. The van der Waals surface area contributed by atoms with Gasteiger partial charge in [-0.2, -0.15) is 10.2 Å². The van der Waals surface area contributed by atoms with Gasteiger partial charge in [-0.15, -0.1) is 0 Å². The van der Waals surface area contributed by atoms with Crippen LogP contribution in [0, 0.1) is 0 Å². The van der Waals surface area contributed by atoms with Crippen LogP contribution in [0.1, 0.15) is 49.7 Å². The van der Waals surface area contributed by atoms with E-state index in [0.29, 0.717) is 5.92 Å². The Kier molecular flexibility index (Phi) is 3.42. The molecular formula is C13H16N4. The molecule has 0 spiro atoms. The van der Waals surface area contributed by atoms with Crippen molar-refractivity contribution >= 4 is 0 Å². The Morgan fingerprint density at radius 2 is 1.76 bits per heavy atom. The molecule has 4 heteroatoms. The Morgan fingerprint density at radius 1 is 1.00 bits per heavy atom. The Hall–Kier alpha value is -1.84. The lowest BCUT2D eigenvalue weighted by Crippen LogP contribution is -2.05. The highest BCUT2D eigenvalue weighted by Gasteiger charge is 2.13. The van der Waals surface area contributed by atoms with Crippen molar-refractivity contribution in [1.82, 2.24) is 20.2 Å². The van der Waals surface area contributed by atoms with E-state index in [9.17, 15) is 0 Å². The van der Waals surface area contributed by atoms with Crippen molar-refractivity contribution in [1.29, 1.82) is 0 Å². The van der Waals surface area contributed by atoms with Gasteiger partial charge in [0.25, 0.3) is 0 Å². The summed E-state index contributed by atoms with van der Waals surface area (Å²) >= 11 is 0. The second-order valence-electron chi connectivity index (χ2n) is 4.39. The molecule has 0 aliphatic heterocycles. The summed E-state index contributed by atoms with van der Waals surface area (Å²) in [5, 5.41) is 8.00. The molecule has 0 aliphatic carbocycles. The summed E-state index contributed by atoms with van der Waals surface area (Å²) in [4.78, 5) is 8.86. The van der Waals surface area contributed by atoms with E-state index in [1.165, 1.54) is 0 Å². The third-order valence-corrected chi connectivity index (χ3v) is 2.74. The molecule has 17 heavy (non-hydrogen) atoms. The van der Waals surface area contributed by atoms with Crippen LogP contribution in [0.25, 0.3) is 0 Å². The zero-order valence-corrected chi connectivity index (χ0v) is 10.3. The lowest BCUT2D eigenvalue weighted by atomic mass is 10.0. The molecule has 2 aromatic heterocycles. The molecule has 1 atom stereocenters. The number of aromatic nitrogens is 4. The van der Waals surface area contributed by atoms with E-state index >= 15 is 0 Å². The van der Waals surface area contributed by atoms with Crippen molar-refractivity contribution in [2.75, 3.05) is 0 Å². The molecule has 0 bridgehead atoms. The van der Waals surface area contributed by atoms with Crippen molar-refractivity contribution in [2.45, 2.75) is 32.6 Å². The fourth-order valence-corrected chi connectivity index (χ4v) is 1.58. The van der Waals surface area contributed by atoms with Gasteiger partial charge in [0.1, 0.15) is 0 Å². The van der Waals surface area contributed by atoms with Gasteiger partial charge in [-0.3, -0.25) is 9.97 Å². The molecule has 2 aromatic rings. The summed E-state index contributed by atoms with van der Waals surface area (Å²) < 4.78 is 0. The van der Waals surface area contributed by atoms with Crippen molar-refractivity contribution in [2.24, 2.45) is 0 Å². The van der Waals surface area contributed by atoms with Gasteiger partial charge in [0.05, 0.1) is 17.1 Å². The largest absolute Gasteiger partial charge is 0.261 e. The van der Waals surface area contributed by atoms with E-state index < -0.39 is 0 Å². The normalized spacial score (nSPS) is 12.7. The smallest absolute Gasteiger partial charge is 0.0719 e. The van der Waals surface area contributed by atoms with Crippen LogP contribution in [-0.2, 0) is 0 Å². The molecule has 0 aromatic carbocycles. The van der Waals surface area contributed by atoms with Gasteiger partial charge in [0, 0.05) is 24.5 Å². The predicted molar refractivity (Wildman–Crippen MR) is 65.7 cm³/mol. The second-order valence-corrected chi connectivity index (χ2v) is 4.39. The van der Waals surface area contributed by atoms with Gasteiger partial charge in [-0.1, -0.05) is 20.8 Å². The van der Waals surface area contributed by atoms with E-state index in [1.807, 2.05) is 18.3 Å². The van der Waals surface area contributed by atoms with Gasteiger partial charge in [-0.05, 0) is 18.1 Å². The molecule has 4 nitrogen and oxygen atoms in total. The van der Waals surface area contributed by atoms with Gasteiger partial charge in [0.15, 0.2) is 0 Å². The highest BCUT2D eigenvalue weighted by atomic mass is 15.1. The van der Waals surface area contributed by atoms with Crippen molar-refractivity contribution in [3.63, 3.8) is 0 Å². The fourth-order valence-electron chi connectivity index (χ4n) is 1.58. The molecule has 1 unspecified atom stereocenters. The SMILES string of the molecule is CC(C)c1cncc(C(C)c2cccnn2)n1. The third-order valence-electron chi connectivity index (χ3n) is 2.74. The average Bonchev–Trinajstić information content (AvgIpc) is 2.39. The molecule has 0 saturated carbocycles. The highest BCUT2D eigenvalue weighted by molar-refractivity contribution is 5.20. The minimum absolute atomic E-state index is 0.120. The van der Waals surface area contributed by atoms with E-state index in [1.54, 1.807) is 12.4 Å². The summed E-state index contributed by atoms with van der Waals surface area (Å²) in [6.45, 7) is 6.29. The minimum atomic E-state index is 0.120. The zero-order valence-electron chi connectivity index (χ0n) is 10.3. The predicted octanol–water partition coefficient (Wildman–Crippen LogP) is 2.54. The molecular weight excluding hydrogens is 212 g/mol. The van der Waals surface area contributed by atoms with Crippen LogP contribution >= 0.6 is 0 Å². The van der Waals surface area contributed by atoms with Crippen LogP contribution in [0.4, 0.5) is 0 Å². The summed E-state index contributed by atoms with van der Waals surface area (Å²) in [6.07, 6.45) is 5.29. The van der Waals surface area contributed by atoms with Gasteiger partial charge >= 0.3 is 0 Å². The van der Waals surface area contributed by atoms with Gasteiger partial charge in [-0.25, -0.2) is 0 Å². The van der Waals surface area contributed by atoms with Crippen molar-refractivity contribution < 1.29 is 0 Å². The summed E-state index contributed by atoms with van der Waals surface area (Å²) in [6, 6.07) is 3.85. The molecule has 0 N–H and O–H groups in total. The van der Waals surface area contributed by atoms with Crippen LogP contribution < -0.4 is 0 Å². The average molecular weight is 228 g/mol. The first-order valence-electron chi connectivity index (χ1n) is 5.78. The first kappa shape index (κ1) is 11.6. The highest BCUT2D eigenvalue weighted by Crippen LogP contribution is 2.20. The van der Waals surface area contributed by atoms with Crippen LogP contribution in [0.3, 0.4) is 0 Å². The molecule has 2 heterocycles. The molecule has 0 saturated heterocycles. The van der Waals surface area contributed by atoms with E-state index in [0.717, 1.165) is 17.1 Å². The monoisotopic (exact) mass is 228 g/mol. The van der Waals surface area contributed by atoms with Crippen molar-refractivity contribution in [3.8, 4) is 0 Å². The lowest BCUT2D eigenvalue weighted by molar-refractivity contribution is 0.746. The first-order valence-corrected chi connectivity index (χ1v) is 5.78. The number of hydrogen-bond acceptors (Lipinski definition) is 4. The molecule has 0 radical (unpaired) electrons. The summed E-state index contributed by atoms with van der Waals surface area (Å²) in [7, 11) is 0. The quantitative estimate of drug-likeness (QED) is 0.810. The lowest BCUT2D eigenvalue weighted by Gasteiger charge is -2.11. The maximum atomic E-state index is 4.62. The molecule has 2 rings (SSSR count). The summed E-state index contributed by atoms with van der Waals surface area (Å²) in [5.74, 6) is 0.506. The molecule has 0 fully saturated rings. The van der Waals surface area contributed by atoms with Crippen LogP contribution in [0.5, 0.6) is 0 Å². The maximum absolute atomic E-state index is 4.62. The molecule has 0 aliphatic rings. The minimum Gasteiger partial charge on any atom is -0.261 e. The Labute approximate surface area is 101 Å². The van der Waals surface area contributed by atoms with Crippen LogP contribution in [0.15, 0.2) is 30.7 Å². The van der Waals surface area contributed by atoms with Crippen LogP contribution in [0.2, 0.25) is 0 Å². The topological polar surface area (TPSA) is 51.6 Å². The van der Waals surface area contributed by atoms with Crippen LogP contribution in [-0.4, -0.2) is 20.2 Å².